The van der Waals surface area contributed by atoms with Crippen LogP contribution in [0.4, 0.5) is 17.6 Å². The van der Waals surface area contributed by atoms with Crippen LogP contribution in [-0.2, 0) is 6.18 Å². The Morgan fingerprint density at radius 1 is 1.03 bits per heavy atom. The summed E-state index contributed by atoms with van der Waals surface area (Å²) < 4.78 is 58.1. The molecule has 0 aliphatic heterocycles. The van der Waals surface area contributed by atoms with Gasteiger partial charge in [-0.25, -0.2) is 9.18 Å². The van der Waals surface area contributed by atoms with E-state index in [1.54, 1.807) is 6.07 Å². The van der Waals surface area contributed by atoms with Crippen molar-refractivity contribution in [3.63, 3.8) is 0 Å². The van der Waals surface area contributed by atoms with Crippen LogP contribution >= 0.6 is 0 Å². The van der Waals surface area contributed by atoms with Crippen molar-refractivity contribution in [2.75, 3.05) is 0 Å². The number of aromatic amines is 1. The molecule has 9 heteroatoms. The molecule has 0 saturated heterocycles. The molecule has 0 spiro atoms. The van der Waals surface area contributed by atoms with Crippen LogP contribution in [0.15, 0.2) is 66.9 Å². The fourth-order valence-electron chi connectivity index (χ4n) is 4.01. The third kappa shape index (κ3) is 3.01. The van der Waals surface area contributed by atoms with Crippen LogP contribution in [0.5, 0.6) is 0 Å². The third-order valence-electron chi connectivity index (χ3n) is 5.31. The third-order valence-corrected chi connectivity index (χ3v) is 5.31. The second-order valence-electron chi connectivity index (χ2n) is 7.21. The summed E-state index contributed by atoms with van der Waals surface area (Å²) >= 11 is 0. The lowest BCUT2D eigenvalue weighted by atomic mass is 9.96. The number of hydrogen-bond acceptors (Lipinski definition) is 2. The Kier molecular flexibility index (Phi) is 4.30. The SMILES string of the molecule is O=C(O)c1ccccc1-c1c(C(F)(F)F)n(-c2ccc(F)cc2)c2cc3cn[nH]c3cc12. The van der Waals surface area contributed by atoms with E-state index in [4.69, 9.17) is 0 Å². The van der Waals surface area contributed by atoms with Crippen LogP contribution in [0, 0.1) is 5.82 Å². The summed E-state index contributed by atoms with van der Waals surface area (Å²) in [4.78, 5) is 11.8. The minimum absolute atomic E-state index is 0.0722. The number of nitrogens with zero attached hydrogens (tertiary/aromatic N) is 2. The number of hydrogen-bond donors (Lipinski definition) is 2. The maximum absolute atomic E-state index is 14.5. The minimum atomic E-state index is -4.85. The first-order valence-corrected chi connectivity index (χ1v) is 9.43. The van der Waals surface area contributed by atoms with E-state index < -0.39 is 23.7 Å². The zero-order valence-electron chi connectivity index (χ0n) is 16.1. The van der Waals surface area contributed by atoms with Gasteiger partial charge in [-0.15, -0.1) is 0 Å². The number of rotatable bonds is 3. The summed E-state index contributed by atoms with van der Waals surface area (Å²) in [5.41, 5.74) is -0.882. The highest BCUT2D eigenvalue weighted by Gasteiger charge is 2.41. The number of carboxylic acid groups (broad SMARTS) is 1. The van der Waals surface area contributed by atoms with E-state index in [0.717, 1.165) is 16.7 Å². The Morgan fingerprint density at radius 3 is 2.44 bits per heavy atom. The molecule has 2 heterocycles. The molecule has 0 fully saturated rings. The number of benzene rings is 3. The van der Waals surface area contributed by atoms with E-state index in [9.17, 15) is 27.5 Å². The molecule has 0 unspecified atom stereocenters. The van der Waals surface area contributed by atoms with Gasteiger partial charge in [0.15, 0.2) is 0 Å². The smallest absolute Gasteiger partial charge is 0.432 e. The van der Waals surface area contributed by atoms with Gasteiger partial charge in [-0.2, -0.15) is 18.3 Å². The molecule has 0 bridgehead atoms. The van der Waals surface area contributed by atoms with Gasteiger partial charge in [0.25, 0.3) is 0 Å². The molecule has 160 valence electrons. The summed E-state index contributed by atoms with van der Waals surface area (Å²) in [6.07, 6.45) is -3.37. The number of alkyl halides is 3. The van der Waals surface area contributed by atoms with Gasteiger partial charge in [-0.1, -0.05) is 18.2 Å². The lowest BCUT2D eigenvalue weighted by Gasteiger charge is -2.16. The predicted molar refractivity (Wildman–Crippen MR) is 110 cm³/mol. The van der Waals surface area contributed by atoms with E-state index in [0.29, 0.717) is 10.9 Å². The lowest BCUT2D eigenvalue weighted by Crippen LogP contribution is -2.14. The van der Waals surface area contributed by atoms with Crippen molar-refractivity contribution >= 4 is 27.8 Å². The molecule has 2 aromatic heterocycles. The highest BCUT2D eigenvalue weighted by atomic mass is 19.4. The number of aromatic carboxylic acids is 1. The van der Waals surface area contributed by atoms with Crippen LogP contribution in [0.1, 0.15) is 16.1 Å². The van der Waals surface area contributed by atoms with Crippen molar-refractivity contribution in [3.8, 4) is 16.8 Å². The summed E-state index contributed by atoms with van der Waals surface area (Å²) in [5, 5.41) is 17.1. The van der Waals surface area contributed by atoms with E-state index in [1.807, 2.05) is 0 Å². The fourth-order valence-corrected chi connectivity index (χ4v) is 4.01. The first kappa shape index (κ1) is 19.8. The van der Waals surface area contributed by atoms with Crippen LogP contribution in [0.2, 0.25) is 0 Å². The Morgan fingerprint density at radius 2 is 1.75 bits per heavy atom. The van der Waals surface area contributed by atoms with E-state index in [1.165, 1.54) is 48.7 Å². The molecular formula is C23H13F4N3O2. The number of halogens is 4. The monoisotopic (exact) mass is 439 g/mol. The maximum Gasteiger partial charge on any atom is 0.432 e. The highest BCUT2D eigenvalue weighted by molar-refractivity contribution is 6.09. The molecule has 5 rings (SSSR count). The van der Waals surface area contributed by atoms with Crippen LogP contribution in [-0.4, -0.2) is 25.8 Å². The Bertz CT molecular complexity index is 1500. The Balaban J connectivity index is 2.02. The Labute approximate surface area is 177 Å². The second-order valence-corrected chi connectivity index (χ2v) is 7.21. The number of carboxylic acids is 1. The normalized spacial score (nSPS) is 12.0. The van der Waals surface area contributed by atoms with Gasteiger partial charge >= 0.3 is 12.1 Å². The average Bonchev–Trinajstić information content (AvgIpc) is 3.34. The zero-order chi connectivity index (χ0) is 22.6. The van der Waals surface area contributed by atoms with Crippen molar-refractivity contribution in [1.29, 1.82) is 0 Å². The number of nitrogens with one attached hydrogen (secondary N) is 1. The van der Waals surface area contributed by atoms with Crippen molar-refractivity contribution in [2.45, 2.75) is 6.18 Å². The predicted octanol–water partition coefficient (Wildman–Crippen LogP) is 6.03. The quantitative estimate of drug-likeness (QED) is 0.337. The second kappa shape index (κ2) is 6.94. The average molecular weight is 439 g/mol. The number of aromatic nitrogens is 3. The molecule has 0 radical (unpaired) electrons. The standard InChI is InChI=1S/C23H13F4N3O2/c24-13-5-7-14(8-6-13)30-19-9-12-11-28-29-18(12)10-17(19)20(21(30)23(25,26)27)15-3-1-2-4-16(15)22(31)32/h1-11H,(H,28,29)(H,31,32). The van der Waals surface area contributed by atoms with Gasteiger partial charge in [0.1, 0.15) is 11.5 Å². The molecule has 32 heavy (non-hydrogen) atoms. The fraction of sp³-hybridized carbons (Fsp3) is 0.0435. The van der Waals surface area contributed by atoms with Gasteiger partial charge in [0, 0.05) is 22.0 Å². The zero-order valence-corrected chi connectivity index (χ0v) is 16.1. The number of carbonyl (C=O) groups is 1. The van der Waals surface area contributed by atoms with E-state index in [2.05, 4.69) is 10.2 Å². The molecule has 0 atom stereocenters. The lowest BCUT2D eigenvalue weighted by molar-refractivity contribution is -0.141. The topological polar surface area (TPSA) is 70.9 Å². The largest absolute Gasteiger partial charge is 0.478 e. The molecule has 2 N–H and O–H groups in total. The van der Waals surface area contributed by atoms with Crippen molar-refractivity contribution < 1.29 is 27.5 Å². The molecule has 0 aliphatic rings. The summed E-state index contributed by atoms with van der Waals surface area (Å²) in [5.74, 6) is -1.94. The molecule has 0 amide bonds. The molecular weight excluding hydrogens is 426 g/mol. The van der Waals surface area contributed by atoms with Gasteiger partial charge in [-0.05, 0) is 48.0 Å². The molecule has 5 aromatic rings. The number of fused-ring (bicyclic) bond motifs is 2. The Hall–Kier alpha value is -4.14. The van der Waals surface area contributed by atoms with Crippen LogP contribution in [0.25, 0.3) is 38.6 Å². The molecule has 0 aliphatic carbocycles. The van der Waals surface area contributed by atoms with Gasteiger partial charge < -0.3 is 9.67 Å². The molecule has 3 aromatic carbocycles. The van der Waals surface area contributed by atoms with Crippen LogP contribution in [0.3, 0.4) is 0 Å². The van der Waals surface area contributed by atoms with E-state index in [-0.39, 0.29) is 33.3 Å². The number of H-pyrrole nitrogens is 1. The first-order valence-electron chi connectivity index (χ1n) is 9.43. The van der Waals surface area contributed by atoms with Crippen molar-refractivity contribution in [1.82, 2.24) is 14.8 Å². The van der Waals surface area contributed by atoms with Gasteiger partial charge in [0.2, 0.25) is 0 Å². The van der Waals surface area contributed by atoms with E-state index >= 15 is 0 Å². The van der Waals surface area contributed by atoms with Crippen molar-refractivity contribution in [3.05, 3.63) is 83.9 Å². The maximum atomic E-state index is 14.5. The van der Waals surface area contributed by atoms with Crippen molar-refractivity contribution in [2.24, 2.45) is 0 Å². The van der Waals surface area contributed by atoms with Gasteiger partial charge in [-0.3, -0.25) is 5.10 Å². The molecule has 0 saturated carbocycles. The molecule has 5 nitrogen and oxygen atoms in total. The summed E-state index contributed by atoms with van der Waals surface area (Å²) in [6.45, 7) is 0. The van der Waals surface area contributed by atoms with Gasteiger partial charge in [0.05, 0.1) is 22.8 Å². The minimum Gasteiger partial charge on any atom is -0.478 e. The van der Waals surface area contributed by atoms with Crippen LogP contribution < -0.4 is 0 Å². The first-order chi connectivity index (χ1) is 15.3. The highest BCUT2D eigenvalue weighted by Crippen LogP contribution is 2.46. The summed E-state index contributed by atoms with van der Waals surface area (Å²) in [6, 6.07) is 13.2. The summed E-state index contributed by atoms with van der Waals surface area (Å²) in [7, 11) is 0.